The van der Waals surface area contributed by atoms with Crippen LogP contribution in [0.4, 0.5) is 0 Å². The summed E-state index contributed by atoms with van der Waals surface area (Å²) in [7, 11) is 0. The Kier molecular flexibility index (Phi) is 3.92. The summed E-state index contributed by atoms with van der Waals surface area (Å²) in [6, 6.07) is 10.6. The zero-order valence-corrected chi connectivity index (χ0v) is 11.1. The van der Waals surface area contributed by atoms with E-state index in [9.17, 15) is 14.7 Å². The summed E-state index contributed by atoms with van der Waals surface area (Å²) in [6.07, 6.45) is 3.16. The van der Waals surface area contributed by atoms with Crippen molar-refractivity contribution in [1.82, 2.24) is 0 Å². The van der Waals surface area contributed by atoms with Gasteiger partial charge in [0.25, 0.3) is 0 Å². The number of ketones is 1. The van der Waals surface area contributed by atoms with Gasteiger partial charge in [0.05, 0.1) is 15.7 Å². The van der Waals surface area contributed by atoms with Crippen LogP contribution in [0.2, 0.25) is 0 Å². The first kappa shape index (κ1) is 13.2. The summed E-state index contributed by atoms with van der Waals surface area (Å²) in [5.74, 6) is -1.47. The van der Waals surface area contributed by atoms with Gasteiger partial charge in [0, 0.05) is 0 Å². The molecule has 0 unspecified atom stereocenters. The number of rotatable bonds is 4. The molecule has 0 spiro atoms. The van der Waals surface area contributed by atoms with Crippen LogP contribution in [0.25, 0.3) is 6.08 Å². The highest BCUT2D eigenvalue weighted by atomic mass is 32.1. The maximum absolute atomic E-state index is 11.8. The van der Waals surface area contributed by atoms with Crippen molar-refractivity contribution in [3.63, 3.8) is 0 Å². The maximum Gasteiger partial charge on any atom is 0.195 e. The molecule has 0 aliphatic carbocycles. The van der Waals surface area contributed by atoms with E-state index in [0.29, 0.717) is 4.88 Å². The number of carbonyl (C=O) groups excluding carboxylic acids is 2. The average molecular weight is 271 g/mol. The smallest absolute Gasteiger partial charge is 0.195 e. The van der Waals surface area contributed by atoms with Crippen molar-refractivity contribution in [2.24, 2.45) is 0 Å². The third-order valence-electron chi connectivity index (χ3n) is 2.52. The van der Waals surface area contributed by atoms with Crippen LogP contribution in [0, 0.1) is 6.92 Å². The highest BCUT2D eigenvalue weighted by Gasteiger charge is 2.06. The van der Waals surface area contributed by atoms with E-state index in [1.807, 2.05) is 31.2 Å². The normalized spacial score (nSPS) is 10.8. The monoisotopic (exact) mass is 271 g/mol. The Bertz CT molecular complexity index is 653. The van der Waals surface area contributed by atoms with Crippen molar-refractivity contribution in [2.45, 2.75) is 6.92 Å². The van der Waals surface area contributed by atoms with E-state index in [1.165, 1.54) is 18.2 Å². The molecule has 4 heteroatoms. The van der Waals surface area contributed by atoms with Crippen LogP contribution < -0.4 is 5.11 Å². The van der Waals surface area contributed by atoms with E-state index < -0.39 is 5.97 Å². The molecule has 0 aliphatic heterocycles. The largest absolute Gasteiger partial charge is 0.544 e. The maximum atomic E-state index is 11.8. The van der Waals surface area contributed by atoms with E-state index in [4.69, 9.17) is 0 Å². The number of benzene rings is 1. The van der Waals surface area contributed by atoms with E-state index in [0.717, 1.165) is 22.5 Å². The first-order valence-corrected chi connectivity index (χ1v) is 6.48. The quantitative estimate of drug-likeness (QED) is 0.633. The molecule has 1 aromatic heterocycles. The standard InChI is InChI=1S/C15H12O3S/c1-10-3-2-4-11(9-10)5-6-12(16)13-7-8-14(19-13)15(17)18/h2-9H,1H3,(H,17,18)/p-1/b6-5+. The Labute approximate surface area is 114 Å². The van der Waals surface area contributed by atoms with Gasteiger partial charge in [0.1, 0.15) is 0 Å². The third kappa shape index (κ3) is 3.39. The number of aryl methyl sites for hydroxylation is 1. The number of thiophene rings is 1. The van der Waals surface area contributed by atoms with Gasteiger partial charge in [-0.25, -0.2) is 0 Å². The fourth-order valence-corrected chi connectivity index (χ4v) is 2.37. The number of carboxylic acid groups (broad SMARTS) is 1. The van der Waals surface area contributed by atoms with Gasteiger partial charge in [-0.05, 0) is 30.7 Å². The highest BCUT2D eigenvalue weighted by molar-refractivity contribution is 7.16. The predicted octanol–water partition coefficient (Wildman–Crippen LogP) is 2.32. The van der Waals surface area contributed by atoms with E-state index >= 15 is 0 Å². The van der Waals surface area contributed by atoms with Gasteiger partial charge in [0.2, 0.25) is 0 Å². The average Bonchev–Trinajstić information content (AvgIpc) is 2.86. The molecule has 0 saturated heterocycles. The Balaban J connectivity index is 2.14. The number of aromatic carboxylic acids is 1. The molecule has 1 heterocycles. The van der Waals surface area contributed by atoms with Crippen molar-refractivity contribution < 1.29 is 14.7 Å². The van der Waals surface area contributed by atoms with Crippen molar-refractivity contribution in [2.75, 3.05) is 0 Å². The fourth-order valence-electron chi connectivity index (χ4n) is 1.61. The molecule has 2 aromatic rings. The molecule has 0 aliphatic rings. The molecule has 1 aromatic carbocycles. The molecule has 0 atom stereocenters. The van der Waals surface area contributed by atoms with E-state index in [-0.39, 0.29) is 10.7 Å². The van der Waals surface area contributed by atoms with Crippen LogP contribution in [0.1, 0.15) is 30.5 Å². The molecule has 0 N–H and O–H groups in total. The van der Waals surface area contributed by atoms with Crippen LogP contribution in [-0.4, -0.2) is 11.8 Å². The SMILES string of the molecule is Cc1cccc(/C=C/C(=O)c2ccc(C(=O)[O-])s2)c1. The van der Waals surface area contributed by atoms with Crippen molar-refractivity contribution in [1.29, 1.82) is 0 Å². The molecule has 96 valence electrons. The number of hydrogen-bond acceptors (Lipinski definition) is 4. The minimum atomic E-state index is -1.26. The molecule has 0 saturated carbocycles. The predicted molar refractivity (Wildman–Crippen MR) is 73.2 cm³/mol. The Morgan fingerprint density at radius 2 is 1.89 bits per heavy atom. The van der Waals surface area contributed by atoms with Crippen LogP contribution in [0.5, 0.6) is 0 Å². The lowest BCUT2D eigenvalue weighted by Crippen LogP contribution is -2.20. The molecular formula is C15H11O3S-. The molecule has 0 amide bonds. The van der Waals surface area contributed by atoms with Crippen molar-refractivity contribution in [3.05, 3.63) is 63.4 Å². The summed E-state index contributed by atoms with van der Waals surface area (Å²) in [5, 5.41) is 10.6. The van der Waals surface area contributed by atoms with Gasteiger partial charge in [-0.2, -0.15) is 0 Å². The lowest BCUT2D eigenvalue weighted by molar-refractivity contribution is -0.254. The summed E-state index contributed by atoms with van der Waals surface area (Å²) >= 11 is 0.925. The second-order valence-corrected chi connectivity index (χ2v) is 5.15. The van der Waals surface area contributed by atoms with Gasteiger partial charge in [0.15, 0.2) is 5.78 Å². The summed E-state index contributed by atoms with van der Waals surface area (Å²) in [6.45, 7) is 1.98. The number of hydrogen-bond donors (Lipinski definition) is 0. The topological polar surface area (TPSA) is 57.2 Å². The lowest BCUT2D eigenvalue weighted by Gasteiger charge is -1.95. The van der Waals surface area contributed by atoms with Crippen LogP contribution >= 0.6 is 11.3 Å². The van der Waals surface area contributed by atoms with Gasteiger partial charge < -0.3 is 9.90 Å². The number of carbonyl (C=O) groups is 2. The second kappa shape index (κ2) is 5.63. The van der Waals surface area contributed by atoms with Gasteiger partial charge in [-0.3, -0.25) is 4.79 Å². The van der Waals surface area contributed by atoms with E-state index in [1.54, 1.807) is 6.08 Å². The minimum Gasteiger partial charge on any atom is -0.544 e. The summed E-state index contributed by atoms with van der Waals surface area (Å²) in [4.78, 5) is 22.9. The zero-order chi connectivity index (χ0) is 13.8. The zero-order valence-electron chi connectivity index (χ0n) is 10.3. The Morgan fingerprint density at radius 3 is 2.53 bits per heavy atom. The minimum absolute atomic E-state index is 0.0623. The summed E-state index contributed by atoms with van der Waals surface area (Å²) in [5.41, 5.74) is 2.05. The fraction of sp³-hybridized carbons (Fsp3) is 0.0667. The molecule has 2 rings (SSSR count). The molecule has 0 fully saturated rings. The third-order valence-corrected chi connectivity index (χ3v) is 3.60. The molecule has 3 nitrogen and oxygen atoms in total. The van der Waals surface area contributed by atoms with Crippen LogP contribution in [-0.2, 0) is 0 Å². The first-order chi connectivity index (χ1) is 9.06. The van der Waals surface area contributed by atoms with Crippen LogP contribution in [0.15, 0.2) is 42.5 Å². The van der Waals surface area contributed by atoms with Gasteiger partial charge in [-0.15, -0.1) is 11.3 Å². The van der Waals surface area contributed by atoms with E-state index in [2.05, 4.69) is 0 Å². The highest BCUT2D eigenvalue weighted by Crippen LogP contribution is 2.17. The molecule has 0 radical (unpaired) electrons. The molecule has 19 heavy (non-hydrogen) atoms. The first-order valence-electron chi connectivity index (χ1n) is 5.66. The number of allylic oxidation sites excluding steroid dienone is 1. The Hall–Kier alpha value is -2.20. The molecular weight excluding hydrogens is 260 g/mol. The van der Waals surface area contributed by atoms with Crippen molar-refractivity contribution in [3.8, 4) is 0 Å². The van der Waals surface area contributed by atoms with Gasteiger partial charge >= 0.3 is 0 Å². The molecule has 0 bridgehead atoms. The second-order valence-electron chi connectivity index (χ2n) is 4.06. The summed E-state index contributed by atoms with van der Waals surface area (Å²) < 4.78 is 0. The lowest BCUT2D eigenvalue weighted by atomic mass is 10.1. The Morgan fingerprint density at radius 1 is 1.16 bits per heavy atom. The van der Waals surface area contributed by atoms with Gasteiger partial charge in [-0.1, -0.05) is 35.9 Å². The number of carboxylic acids is 1. The van der Waals surface area contributed by atoms with Crippen LogP contribution in [0.3, 0.4) is 0 Å². The van der Waals surface area contributed by atoms with Crippen molar-refractivity contribution >= 4 is 29.2 Å².